The van der Waals surface area contributed by atoms with Crippen molar-refractivity contribution in [1.82, 2.24) is 4.90 Å². The summed E-state index contributed by atoms with van der Waals surface area (Å²) in [4.78, 5) is 14.6. The molecule has 0 spiro atoms. The quantitative estimate of drug-likeness (QED) is 0.826. The van der Waals surface area contributed by atoms with E-state index >= 15 is 0 Å². The zero-order chi connectivity index (χ0) is 16.3. The molecule has 2 N–H and O–H groups in total. The third-order valence-corrected chi connectivity index (χ3v) is 7.93. The molecule has 0 radical (unpaired) electrons. The molecule has 0 aromatic carbocycles. The number of amides is 1. The van der Waals surface area contributed by atoms with E-state index in [1.54, 1.807) is 4.90 Å². The van der Waals surface area contributed by atoms with E-state index in [9.17, 15) is 13.2 Å². The minimum absolute atomic E-state index is 0. The Bertz CT molecular complexity index is 482. The molecule has 1 aliphatic heterocycles. The highest BCUT2D eigenvalue weighted by Gasteiger charge is 2.43. The van der Waals surface area contributed by atoms with Gasteiger partial charge < -0.3 is 10.6 Å². The second-order valence-corrected chi connectivity index (χ2v) is 9.53. The van der Waals surface area contributed by atoms with Crippen LogP contribution in [0.15, 0.2) is 0 Å². The average molecular weight is 367 g/mol. The predicted molar refractivity (Wildman–Crippen MR) is 95.5 cm³/mol. The van der Waals surface area contributed by atoms with Gasteiger partial charge in [0.2, 0.25) is 5.91 Å². The summed E-state index contributed by atoms with van der Waals surface area (Å²) in [5, 5.41) is -1.21. The Balaban J connectivity index is 0.00000264. The molecule has 1 aliphatic carbocycles. The lowest BCUT2D eigenvalue weighted by Crippen LogP contribution is -2.52. The summed E-state index contributed by atoms with van der Waals surface area (Å²) >= 11 is 0. The number of sulfone groups is 1. The van der Waals surface area contributed by atoms with Gasteiger partial charge in [-0.15, -0.1) is 12.4 Å². The van der Waals surface area contributed by atoms with E-state index in [2.05, 4.69) is 0 Å². The molecule has 1 saturated carbocycles. The summed E-state index contributed by atoms with van der Waals surface area (Å²) in [6.07, 6.45) is 5.98. The van der Waals surface area contributed by atoms with Crippen molar-refractivity contribution in [1.29, 1.82) is 0 Å². The van der Waals surface area contributed by atoms with E-state index in [1.165, 1.54) is 0 Å². The highest BCUT2D eigenvalue weighted by molar-refractivity contribution is 7.93. The van der Waals surface area contributed by atoms with Crippen molar-refractivity contribution in [3.8, 4) is 0 Å². The van der Waals surface area contributed by atoms with Gasteiger partial charge in [0.25, 0.3) is 0 Å². The first kappa shape index (κ1) is 20.7. The Morgan fingerprint density at radius 2 is 1.57 bits per heavy atom. The van der Waals surface area contributed by atoms with Gasteiger partial charge in [0, 0.05) is 19.1 Å². The maximum absolute atomic E-state index is 13.0. The molecular weight excluding hydrogens is 336 g/mol. The Morgan fingerprint density at radius 3 is 2.04 bits per heavy atom. The number of halogens is 1. The molecule has 136 valence electrons. The normalized spacial score (nSPS) is 22.7. The lowest BCUT2D eigenvalue weighted by molar-refractivity contribution is -0.132. The molecule has 23 heavy (non-hydrogen) atoms. The molecule has 1 saturated heterocycles. The fraction of sp³-hybridized carbons (Fsp3) is 0.938. The second-order valence-electron chi connectivity index (χ2n) is 7.18. The number of rotatable bonds is 4. The molecule has 0 aromatic rings. The fourth-order valence-corrected chi connectivity index (χ4v) is 6.30. The van der Waals surface area contributed by atoms with Gasteiger partial charge in [-0.05, 0) is 31.6 Å². The van der Waals surface area contributed by atoms with E-state index in [-0.39, 0.29) is 35.5 Å². The molecular formula is C16H31ClN2O3S. The molecule has 1 atom stereocenters. The third-order valence-electron chi connectivity index (χ3n) is 5.07. The Labute approximate surface area is 146 Å². The van der Waals surface area contributed by atoms with E-state index in [1.807, 2.05) is 13.8 Å². The van der Waals surface area contributed by atoms with Crippen LogP contribution in [0.5, 0.6) is 0 Å². The van der Waals surface area contributed by atoms with Gasteiger partial charge in [0.15, 0.2) is 9.84 Å². The number of hydrogen-bond acceptors (Lipinski definition) is 4. The number of piperidine rings is 1. The molecule has 0 bridgehead atoms. The molecule has 5 nitrogen and oxygen atoms in total. The van der Waals surface area contributed by atoms with Gasteiger partial charge in [-0.2, -0.15) is 0 Å². The van der Waals surface area contributed by atoms with Crippen LogP contribution in [0.25, 0.3) is 0 Å². The maximum atomic E-state index is 13.0. The fourth-order valence-electron chi connectivity index (χ4n) is 3.71. The van der Waals surface area contributed by atoms with E-state index in [0.29, 0.717) is 25.9 Å². The summed E-state index contributed by atoms with van der Waals surface area (Å²) in [7, 11) is -3.41. The van der Waals surface area contributed by atoms with Gasteiger partial charge in [-0.3, -0.25) is 4.79 Å². The van der Waals surface area contributed by atoms with E-state index < -0.39 is 15.1 Å². The Morgan fingerprint density at radius 1 is 1.04 bits per heavy atom. The first-order chi connectivity index (χ1) is 10.3. The number of hydrogen-bond donors (Lipinski definition) is 1. The Hall–Kier alpha value is -0.330. The zero-order valence-corrected chi connectivity index (χ0v) is 15.9. The van der Waals surface area contributed by atoms with Crippen LogP contribution in [0.3, 0.4) is 0 Å². The lowest BCUT2D eigenvalue weighted by Gasteiger charge is -2.35. The standard InChI is InChI=1S/C16H30N2O3S.ClH/c1-12(2)15(16(19)18-10-8-13(17)9-11-18)22(20,21)14-6-4-3-5-7-14;/h12-15H,3-11,17H2,1-2H3;1H. The molecule has 2 aliphatic rings. The number of carbonyl (C=O) groups excluding carboxylic acids is 1. The third kappa shape index (κ3) is 4.83. The van der Waals surface area contributed by atoms with Gasteiger partial charge in [0.05, 0.1) is 5.25 Å². The van der Waals surface area contributed by atoms with Crippen molar-refractivity contribution >= 4 is 28.2 Å². The van der Waals surface area contributed by atoms with Crippen LogP contribution in [0, 0.1) is 5.92 Å². The minimum atomic E-state index is -3.41. The van der Waals surface area contributed by atoms with Gasteiger partial charge in [-0.25, -0.2) is 8.42 Å². The molecule has 7 heteroatoms. The predicted octanol–water partition coefficient (Wildman–Crippen LogP) is 2.13. The Kier molecular flexibility index (Phi) is 7.81. The number of nitrogens with two attached hydrogens (primary N) is 1. The summed E-state index contributed by atoms with van der Waals surface area (Å²) < 4.78 is 26.0. The van der Waals surface area contributed by atoms with Gasteiger partial charge >= 0.3 is 0 Å². The molecule has 1 unspecified atom stereocenters. The first-order valence-electron chi connectivity index (χ1n) is 8.61. The van der Waals surface area contributed by atoms with Crippen LogP contribution in [0.1, 0.15) is 58.8 Å². The smallest absolute Gasteiger partial charge is 0.241 e. The number of nitrogens with zero attached hydrogens (tertiary/aromatic N) is 1. The van der Waals surface area contributed by atoms with Crippen LogP contribution in [0.4, 0.5) is 0 Å². The van der Waals surface area contributed by atoms with E-state index in [0.717, 1.165) is 32.1 Å². The van der Waals surface area contributed by atoms with Gasteiger partial charge in [-0.1, -0.05) is 33.1 Å². The summed E-state index contributed by atoms with van der Waals surface area (Å²) in [5.74, 6) is -0.387. The maximum Gasteiger partial charge on any atom is 0.241 e. The monoisotopic (exact) mass is 366 g/mol. The topological polar surface area (TPSA) is 80.5 Å². The minimum Gasteiger partial charge on any atom is -0.341 e. The van der Waals surface area contributed by atoms with Crippen LogP contribution in [-0.2, 0) is 14.6 Å². The van der Waals surface area contributed by atoms with Gasteiger partial charge in [0.1, 0.15) is 5.25 Å². The lowest BCUT2D eigenvalue weighted by atomic mass is 10.0. The van der Waals surface area contributed by atoms with Crippen molar-refractivity contribution < 1.29 is 13.2 Å². The van der Waals surface area contributed by atoms with Crippen LogP contribution in [0.2, 0.25) is 0 Å². The zero-order valence-electron chi connectivity index (χ0n) is 14.2. The molecule has 2 rings (SSSR count). The summed E-state index contributed by atoms with van der Waals surface area (Å²) in [6, 6.07) is 0.136. The SMILES string of the molecule is CC(C)C(C(=O)N1CCC(N)CC1)S(=O)(=O)C1CCCCC1.Cl. The first-order valence-corrected chi connectivity index (χ1v) is 10.2. The van der Waals surface area contributed by atoms with Crippen LogP contribution >= 0.6 is 12.4 Å². The number of carbonyl (C=O) groups is 1. The molecule has 2 fully saturated rings. The van der Waals surface area contributed by atoms with Crippen molar-refractivity contribution in [3.63, 3.8) is 0 Å². The largest absolute Gasteiger partial charge is 0.341 e. The molecule has 1 amide bonds. The average Bonchev–Trinajstić information content (AvgIpc) is 2.48. The van der Waals surface area contributed by atoms with Crippen molar-refractivity contribution in [3.05, 3.63) is 0 Å². The molecule has 1 heterocycles. The molecule has 0 aromatic heterocycles. The van der Waals surface area contributed by atoms with Crippen molar-refractivity contribution in [2.75, 3.05) is 13.1 Å². The summed E-state index contributed by atoms with van der Waals surface area (Å²) in [6.45, 7) is 4.87. The number of likely N-dealkylation sites (tertiary alicyclic amines) is 1. The summed E-state index contributed by atoms with van der Waals surface area (Å²) in [5.41, 5.74) is 5.88. The van der Waals surface area contributed by atoms with Crippen LogP contribution < -0.4 is 5.73 Å². The van der Waals surface area contributed by atoms with Crippen LogP contribution in [-0.4, -0.2) is 48.9 Å². The highest BCUT2D eigenvalue weighted by atomic mass is 35.5. The second kappa shape index (κ2) is 8.67. The van der Waals surface area contributed by atoms with E-state index in [4.69, 9.17) is 5.73 Å². The van der Waals surface area contributed by atoms with Crippen molar-refractivity contribution in [2.24, 2.45) is 11.7 Å². The van der Waals surface area contributed by atoms with Crippen molar-refractivity contribution in [2.45, 2.75) is 75.3 Å². The highest BCUT2D eigenvalue weighted by Crippen LogP contribution is 2.30.